The molecule has 1 atom stereocenters. The Labute approximate surface area is 111 Å². The van der Waals surface area contributed by atoms with Crippen molar-refractivity contribution < 1.29 is 13.2 Å². The van der Waals surface area contributed by atoms with Gasteiger partial charge in [0.05, 0.1) is 16.9 Å². The highest BCUT2D eigenvalue weighted by atomic mass is 19.4. The fourth-order valence-corrected chi connectivity index (χ4v) is 2.73. The lowest BCUT2D eigenvalue weighted by Gasteiger charge is -2.38. The van der Waals surface area contributed by atoms with E-state index in [4.69, 9.17) is 5.73 Å². The van der Waals surface area contributed by atoms with Crippen LogP contribution in [0.5, 0.6) is 0 Å². The summed E-state index contributed by atoms with van der Waals surface area (Å²) in [5, 5.41) is 0. The van der Waals surface area contributed by atoms with Gasteiger partial charge in [0.25, 0.3) is 0 Å². The van der Waals surface area contributed by atoms with E-state index in [1.54, 1.807) is 0 Å². The number of benzene rings is 1. The molecule has 0 aromatic heterocycles. The molecular weight excluding hydrogens is 253 g/mol. The van der Waals surface area contributed by atoms with Gasteiger partial charge in [-0.2, -0.15) is 13.2 Å². The molecule has 2 nitrogen and oxygen atoms in total. The number of anilines is 2. The first-order valence-corrected chi connectivity index (χ1v) is 6.67. The van der Waals surface area contributed by atoms with Gasteiger partial charge in [-0.15, -0.1) is 0 Å². The van der Waals surface area contributed by atoms with E-state index in [0.29, 0.717) is 6.04 Å². The molecule has 1 aromatic rings. The topological polar surface area (TPSA) is 29.3 Å². The lowest BCUT2D eigenvalue weighted by atomic mass is 9.98. The predicted molar refractivity (Wildman–Crippen MR) is 71.1 cm³/mol. The van der Waals surface area contributed by atoms with Crippen molar-refractivity contribution in [1.82, 2.24) is 0 Å². The number of nitrogens with zero attached hydrogens (tertiary/aromatic N) is 1. The molecule has 1 fully saturated rings. The minimum Gasteiger partial charge on any atom is -0.397 e. The molecule has 0 radical (unpaired) electrons. The van der Waals surface area contributed by atoms with Crippen molar-refractivity contribution in [3.05, 3.63) is 23.8 Å². The molecule has 1 saturated heterocycles. The normalized spacial score (nSPS) is 20.6. The highest BCUT2D eigenvalue weighted by Crippen LogP contribution is 2.36. The average molecular weight is 272 g/mol. The fourth-order valence-electron chi connectivity index (χ4n) is 2.73. The molecule has 5 heteroatoms. The van der Waals surface area contributed by atoms with Crippen LogP contribution in [0.1, 0.15) is 38.2 Å². The van der Waals surface area contributed by atoms with Crippen LogP contribution >= 0.6 is 0 Å². The van der Waals surface area contributed by atoms with Crippen molar-refractivity contribution in [1.29, 1.82) is 0 Å². The summed E-state index contributed by atoms with van der Waals surface area (Å²) in [4.78, 5) is 2.15. The maximum atomic E-state index is 12.6. The highest BCUT2D eigenvalue weighted by Gasteiger charge is 2.31. The van der Waals surface area contributed by atoms with Crippen LogP contribution in [0.3, 0.4) is 0 Å². The first kappa shape index (κ1) is 14.0. The predicted octanol–water partition coefficient (Wildman–Crippen LogP) is 4.06. The Morgan fingerprint density at radius 2 is 2.05 bits per heavy atom. The van der Waals surface area contributed by atoms with Crippen molar-refractivity contribution >= 4 is 11.4 Å². The Balaban J connectivity index is 2.30. The Kier molecular flexibility index (Phi) is 3.92. The van der Waals surface area contributed by atoms with Gasteiger partial charge in [0.2, 0.25) is 0 Å². The number of hydrogen-bond acceptors (Lipinski definition) is 2. The lowest BCUT2D eigenvalue weighted by Crippen LogP contribution is -2.39. The molecule has 0 bridgehead atoms. The smallest absolute Gasteiger partial charge is 0.397 e. The number of halogens is 3. The van der Waals surface area contributed by atoms with Gasteiger partial charge in [-0.25, -0.2) is 0 Å². The molecule has 1 aliphatic heterocycles. The fraction of sp³-hybridized carbons (Fsp3) is 0.571. The SMILES string of the molecule is CC[C@H]1CCCCN1c1ccc(C(F)(F)F)cc1N. The van der Waals surface area contributed by atoms with Crippen molar-refractivity contribution in [3.8, 4) is 0 Å². The molecule has 1 aromatic carbocycles. The molecule has 0 amide bonds. The summed E-state index contributed by atoms with van der Waals surface area (Å²) in [5.41, 5.74) is 6.10. The monoisotopic (exact) mass is 272 g/mol. The molecule has 1 heterocycles. The third kappa shape index (κ3) is 2.96. The molecule has 2 rings (SSSR count). The van der Waals surface area contributed by atoms with Crippen LogP contribution in [0.25, 0.3) is 0 Å². The van der Waals surface area contributed by atoms with E-state index >= 15 is 0 Å². The molecule has 2 N–H and O–H groups in total. The van der Waals surface area contributed by atoms with E-state index in [9.17, 15) is 13.2 Å². The molecule has 1 aliphatic rings. The second kappa shape index (κ2) is 5.31. The molecule has 19 heavy (non-hydrogen) atoms. The van der Waals surface area contributed by atoms with E-state index in [1.165, 1.54) is 12.5 Å². The van der Waals surface area contributed by atoms with Gasteiger partial charge in [-0.05, 0) is 43.9 Å². The summed E-state index contributed by atoms with van der Waals surface area (Å²) in [6.45, 7) is 2.97. The maximum Gasteiger partial charge on any atom is 0.416 e. The van der Waals surface area contributed by atoms with E-state index in [-0.39, 0.29) is 5.69 Å². The first-order chi connectivity index (χ1) is 8.93. The van der Waals surface area contributed by atoms with Gasteiger partial charge in [0, 0.05) is 12.6 Å². The summed E-state index contributed by atoms with van der Waals surface area (Å²) in [7, 11) is 0. The molecular formula is C14H19F3N2. The first-order valence-electron chi connectivity index (χ1n) is 6.67. The molecule has 0 aliphatic carbocycles. The van der Waals surface area contributed by atoms with E-state index < -0.39 is 11.7 Å². The summed E-state index contributed by atoms with van der Waals surface area (Å²) >= 11 is 0. The zero-order chi connectivity index (χ0) is 14.0. The Morgan fingerprint density at radius 3 is 2.63 bits per heavy atom. The zero-order valence-electron chi connectivity index (χ0n) is 11.0. The highest BCUT2D eigenvalue weighted by molar-refractivity contribution is 5.69. The largest absolute Gasteiger partial charge is 0.416 e. The van der Waals surface area contributed by atoms with Crippen LogP contribution in [0.15, 0.2) is 18.2 Å². The number of piperidine rings is 1. The van der Waals surface area contributed by atoms with Crippen LogP contribution in [0.2, 0.25) is 0 Å². The van der Waals surface area contributed by atoms with E-state index in [0.717, 1.165) is 43.6 Å². The van der Waals surface area contributed by atoms with Gasteiger partial charge in [0.1, 0.15) is 0 Å². The standard InChI is InChI=1S/C14H19F3N2/c1-2-11-5-3-4-8-19(11)13-7-6-10(9-12(13)18)14(15,16)17/h6-7,9,11H,2-5,8,18H2,1H3/t11-/m0/s1. The second-order valence-corrected chi connectivity index (χ2v) is 5.02. The zero-order valence-corrected chi connectivity index (χ0v) is 11.0. The molecule has 0 saturated carbocycles. The van der Waals surface area contributed by atoms with Gasteiger partial charge in [0.15, 0.2) is 0 Å². The molecule has 106 valence electrons. The quantitative estimate of drug-likeness (QED) is 0.823. The van der Waals surface area contributed by atoms with Gasteiger partial charge < -0.3 is 10.6 Å². The van der Waals surface area contributed by atoms with Crippen LogP contribution < -0.4 is 10.6 Å². The summed E-state index contributed by atoms with van der Waals surface area (Å²) in [6, 6.07) is 4.04. The minimum atomic E-state index is -4.33. The number of hydrogen-bond donors (Lipinski definition) is 1. The van der Waals surface area contributed by atoms with Gasteiger partial charge >= 0.3 is 6.18 Å². The third-order valence-electron chi connectivity index (χ3n) is 3.76. The van der Waals surface area contributed by atoms with E-state index in [1.807, 2.05) is 0 Å². The Bertz CT molecular complexity index is 443. The van der Waals surface area contributed by atoms with Crippen LogP contribution in [0.4, 0.5) is 24.5 Å². The van der Waals surface area contributed by atoms with Crippen molar-refractivity contribution in [2.75, 3.05) is 17.2 Å². The third-order valence-corrected chi connectivity index (χ3v) is 3.76. The van der Waals surface area contributed by atoms with E-state index in [2.05, 4.69) is 11.8 Å². The van der Waals surface area contributed by atoms with Crippen LogP contribution in [-0.2, 0) is 6.18 Å². The second-order valence-electron chi connectivity index (χ2n) is 5.02. The molecule has 0 spiro atoms. The van der Waals surface area contributed by atoms with Crippen molar-refractivity contribution in [2.45, 2.75) is 44.8 Å². The summed E-state index contributed by atoms with van der Waals surface area (Å²) in [5.74, 6) is 0. The van der Waals surface area contributed by atoms with Crippen LogP contribution in [0, 0.1) is 0 Å². The summed E-state index contributed by atoms with van der Waals surface area (Å²) < 4.78 is 37.8. The number of nitrogen functional groups attached to an aromatic ring is 1. The van der Waals surface area contributed by atoms with Crippen molar-refractivity contribution in [2.24, 2.45) is 0 Å². The Hall–Kier alpha value is -1.39. The van der Waals surface area contributed by atoms with Gasteiger partial charge in [-0.1, -0.05) is 6.92 Å². The minimum absolute atomic E-state index is 0.218. The average Bonchev–Trinajstić information content (AvgIpc) is 2.37. The number of nitrogens with two attached hydrogens (primary N) is 1. The molecule has 0 unspecified atom stereocenters. The van der Waals surface area contributed by atoms with Crippen molar-refractivity contribution in [3.63, 3.8) is 0 Å². The Morgan fingerprint density at radius 1 is 1.32 bits per heavy atom. The summed E-state index contributed by atoms with van der Waals surface area (Å²) in [6.07, 6.45) is -0.0252. The number of rotatable bonds is 2. The maximum absolute atomic E-state index is 12.6. The van der Waals surface area contributed by atoms with Gasteiger partial charge in [-0.3, -0.25) is 0 Å². The number of alkyl halides is 3. The van der Waals surface area contributed by atoms with Crippen LogP contribution in [-0.4, -0.2) is 12.6 Å². The lowest BCUT2D eigenvalue weighted by molar-refractivity contribution is -0.137.